The summed E-state index contributed by atoms with van der Waals surface area (Å²) in [5.74, 6) is 0. The number of rotatable bonds is 3. The van der Waals surface area contributed by atoms with Crippen LogP contribution in [0.2, 0.25) is 0 Å². The average molecular weight is 386 g/mol. The highest BCUT2D eigenvalue weighted by molar-refractivity contribution is 7.85. The Morgan fingerprint density at radius 3 is 2.11 bits per heavy atom. The number of aryl methyl sites for hydroxylation is 1. The normalized spacial score (nSPS) is 13.6. The smallest absolute Gasteiger partial charge is 0.171 e. The zero-order chi connectivity index (χ0) is 18.3. The molecule has 0 fully saturated rings. The Labute approximate surface area is 163 Å². The molecule has 1 aromatic heterocycles. The monoisotopic (exact) mass is 386 g/mol. The van der Waals surface area contributed by atoms with Gasteiger partial charge in [-0.2, -0.15) is 0 Å². The van der Waals surface area contributed by atoms with Crippen LogP contribution in [0.5, 0.6) is 0 Å². The van der Waals surface area contributed by atoms with E-state index in [9.17, 15) is 4.57 Å². The average Bonchev–Trinajstić information content (AvgIpc) is 3.12. The zero-order valence-electron chi connectivity index (χ0n) is 14.8. The lowest BCUT2D eigenvalue weighted by molar-refractivity contribution is 0.592. The molecule has 0 bridgehead atoms. The lowest BCUT2D eigenvalue weighted by Crippen LogP contribution is -2.24. The summed E-state index contributed by atoms with van der Waals surface area (Å²) >= 11 is 1.87. The molecule has 0 N–H and O–H groups in total. The molecule has 0 spiro atoms. The molecule has 27 heavy (non-hydrogen) atoms. The molecule has 1 heterocycles. The van der Waals surface area contributed by atoms with Crippen molar-refractivity contribution in [1.82, 2.24) is 0 Å². The van der Waals surface area contributed by atoms with Gasteiger partial charge in [0, 0.05) is 30.9 Å². The van der Waals surface area contributed by atoms with Crippen molar-refractivity contribution in [2.75, 3.05) is 0 Å². The third-order valence-corrected chi connectivity index (χ3v) is 9.52. The lowest BCUT2D eigenvalue weighted by Gasteiger charge is -2.20. The van der Waals surface area contributed by atoms with E-state index in [4.69, 9.17) is 0 Å². The highest BCUT2D eigenvalue weighted by atomic mass is 32.1. The number of thiophene rings is 1. The van der Waals surface area contributed by atoms with Crippen LogP contribution in [0.15, 0.2) is 84.9 Å². The molecule has 0 aliphatic heterocycles. The molecule has 1 nitrogen and oxygen atoms in total. The molecule has 0 saturated carbocycles. The van der Waals surface area contributed by atoms with Gasteiger partial charge in [-0.15, -0.1) is 11.3 Å². The molecule has 1 aliphatic rings. The van der Waals surface area contributed by atoms with Crippen LogP contribution in [0, 0.1) is 0 Å². The highest BCUT2D eigenvalue weighted by Gasteiger charge is 2.30. The summed E-state index contributed by atoms with van der Waals surface area (Å²) in [5.41, 5.74) is 1.32. The maximum Gasteiger partial charge on any atom is 0.171 e. The molecule has 0 unspecified atom stereocenters. The van der Waals surface area contributed by atoms with Crippen molar-refractivity contribution in [3.63, 3.8) is 0 Å². The van der Waals surface area contributed by atoms with Crippen molar-refractivity contribution in [2.45, 2.75) is 12.8 Å². The minimum atomic E-state index is -2.91. The summed E-state index contributed by atoms with van der Waals surface area (Å²) in [4.78, 5) is 1.44. The Morgan fingerprint density at radius 1 is 0.778 bits per heavy atom. The highest BCUT2D eigenvalue weighted by Crippen LogP contribution is 2.44. The Hall–Kier alpha value is -2.41. The van der Waals surface area contributed by atoms with Gasteiger partial charge in [-0.05, 0) is 36.6 Å². The van der Waals surface area contributed by atoms with Crippen LogP contribution in [0.25, 0.3) is 16.2 Å². The predicted octanol–water partition coefficient (Wildman–Crippen LogP) is 5.50. The molecular weight excluding hydrogens is 367 g/mol. The Morgan fingerprint density at radius 2 is 1.44 bits per heavy atom. The van der Waals surface area contributed by atoms with Gasteiger partial charge >= 0.3 is 0 Å². The number of benzene rings is 3. The summed E-state index contributed by atoms with van der Waals surface area (Å²) in [6, 6.07) is 26.2. The molecule has 0 saturated heterocycles. The molecule has 5 rings (SSSR count). The molecule has 4 aromatic rings. The van der Waals surface area contributed by atoms with E-state index in [-0.39, 0.29) is 0 Å². The summed E-state index contributed by atoms with van der Waals surface area (Å²) in [7, 11) is -2.91. The van der Waals surface area contributed by atoms with E-state index in [1.807, 2.05) is 72.0 Å². The molecule has 0 atom stereocenters. The lowest BCUT2D eigenvalue weighted by atomic mass is 10.0. The van der Waals surface area contributed by atoms with E-state index in [1.165, 1.54) is 20.5 Å². The van der Waals surface area contributed by atoms with Crippen LogP contribution in [0.4, 0.5) is 0 Å². The van der Waals surface area contributed by atoms with Crippen LogP contribution in [-0.4, -0.2) is 0 Å². The van der Waals surface area contributed by atoms with Crippen molar-refractivity contribution in [1.29, 1.82) is 0 Å². The number of hydrogen-bond donors (Lipinski definition) is 0. The van der Waals surface area contributed by atoms with Crippen molar-refractivity contribution >= 4 is 50.6 Å². The van der Waals surface area contributed by atoms with Crippen molar-refractivity contribution in [2.24, 2.45) is 0 Å². The fraction of sp³-hybridized carbons (Fsp3) is 0.0833. The maximum atomic E-state index is 14.5. The van der Waals surface area contributed by atoms with Gasteiger partial charge in [0.05, 0.1) is 0 Å². The number of allylic oxidation sites excluding steroid dienone is 1. The molecule has 3 aromatic carbocycles. The van der Waals surface area contributed by atoms with E-state index in [0.29, 0.717) is 0 Å². The van der Waals surface area contributed by atoms with Crippen molar-refractivity contribution in [3.05, 3.63) is 95.4 Å². The van der Waals surface area contributed by atoms with Gasteiger partial charge in [0.1, 0.15) is 0 Å². The van der Waals surface area contributed by atoms with E-state index in [1.54, 1.807) is 0 Å². The standard InChI is InChI=1S/C24H19OPS/c25-26(18-9-3-1-4-10-18,19-11-5-2-6-12-19)20-15-16-24-22(17-20)21-13-7-8-14-23(21)27-24/h1-7,9-13,15-17H,8,14H2. The Balaban J connectivity index is 1.78. The second-order valence-electron chi connectivity index (χ2n) is 6.84. The first-order valence-corrected chi connectivity index (χ1v) is 11.7. The van der Waals surface area contributed by atoms with Gasteiger partial charge in [-0.25, -0.2) is 0 Å². The Bertz CT molecular complexity index is 1150. The Kier molecular flexibility index (Phi) is 4.11. The van der Waals surface area contributed by atoms with E-state index in [0.717, 1.165) is 28.8 Å². The number of fused-ring (bicyclic) bond motifs is 3. The van der Waals surface area contributed by atoms with Gasteiger partial charge < -0.3 is 4.57 Å². The SMILES string of the molecule is O=P(c1ccccc1)(c1ccccc1)c1ccc2sc3c(c2c1)C=CCC3. The third-order valence-electron chi connectivity index (χ3n) is 5.21. The topological polar surface area (TPSA) is 17.1 Å². The number of hydrogen-bond acceptors (Lipinski definition) is 2. The maximum absolute atomic E-state index is 14.5. The molecule has 132 valence electrons. The van der Waals surface area contributed by atoms with E-state index < -0.39 is 7.14 Å². The zero-order valence-corrected chi connectivity index (χ0v) is 16.5. The van der Waals surface area contributed by atoms with E-state index >= 15 is 0 Å². The first kappa shape index (κ1) is 16.7. The van der Waals surface area contributed by atoms with Crippen LogP contribution < -0.4 is 15.9 Å². The summed E-state index contributed by atoms with van der Waals surface area (Å²) < 4.78 is 15.8. The third kappa shape index (κ3) is 2.72. The van der Waals surface area contributed by atoms with Crippen LogP contribution >= 0.6 is 18.5 Å². The summed E-state index contributed by atoms with van der Waals surface area (Å²) in [5, 5.41) is 3.91. The van der Waals surface area contributed by atoms with Gasteiger partial charge in [-0.1, -0.05) is 72.8 Å². The van der Waals surface area contributed by atoms with Crippen LogP contribution in [0.3, 0.4) is 0 Å². The van der Waals surface area contributed by atoms with Crippen molar-refractivity contribution in [3.8, 4) is 0 Å². The van der Waals surface area contributed by atoms with Gasteiger partial charge in [-0.3, -0.25) is 0 Å². The van der Waals surface area contributed by atoms with Crippen molar-refractivity contribution < 1.29 is 4.57 Å². The van der Waals surface area contributed by atoms with E-state index in [2.05, 4.69) is 30.4 Å². The largest absolute Gasteiger partial charge is 0.309 e. The summed E-state index contributed by atoms with van der Waals surface area (Å²) in [6.45, 7) is 0. The van der Waals surface area contributed by atoms with Crippen LogP contribution in [0.1, 0.15) is 16.9 Å². The first-order chi connectivity index (χ1) is 13.3. The second kappa shape index (κ2) is 6.64. The fourth-order valence-corrected chi connectivity index (χ4v) is 7.72. The first-order valence-electron chi connectivity index (χ1n) is 9.20. The quantitative estimate of drug-likeness (QED) is 0.425. The second-order valence-corrected chi connectivity index (χ2v) is 10.7. The van der Waals surface area contributed by atoms with Gasteiger partial charge in [0.15, 0.2) is 7.14 Å². The molecule has 0 amide bonds. The van der Waals surface area contributed by atoms with Crippen LogP contribution in [-0.2, 0) is 11.0 Å². The fourth-order valence-electron chi connectivity index (χ4n) is 3.86. The van der Waals surface area contributed by atoms with Gasteiger partial charge in [0.2, 0.25) is 0 Å². The summed E-state index contributed by atoms with van der Waals surface area (Å²) in [6.07, 6.45) is 6.70. The minimum Gasteiger partial charge on any atom is -0.309 e. The molecular formula is C24H19OPS. The minimum absolute atomic E-state index is 0.884. The predicted molar refractivity (Wildman–Crippen MR) is 119 cm³/mol. The van der Waals surface area contributed by atoms with Gasteiger partial charge in [0.25, 0.3) is 0 Å². The molecule has 1 aliphatic carbocycles. The molecule has 3 heteroatoms. The molecule has 0 radical (unpaired) electrons.